The van der Waals surface area contributed by atoms with Gasteiger partial charge in [-0.3, -0.25) is 34.1 Å². The lowest BCUT2D eigenvalue weighted by molar-refractivity contribution is -0.136. The monoisotopic (exact) mass is 989 g/mol. The van der Waals surface area contributed by atoms with Gasteiger partial charge in [0.25, 0.3) is 17.0 Å². The van der Waals surface area contributed by atoms with E-state index < -0.39 is 23.1 Å². The van der Waals surface area contributed by atoms with Crippen LogP contribution in [0.3, 0.4) is 0 Å². The molecule has 0 spiro atoms. The van der Waals surface area contributed by atoms with Gasteiger partial charge < -0.3 is 18.9 Å². The zero-order valence-corrected chi connectivity index (χ0v) is 38.2. The molecule has 348 valence electrons. The van der Waals surface area contributed by atoms with Crippen molar-refractivity contribution in [3.63, 3.8) is 0 Å². The molecule has 2 aromatic carbocycles. The number of hydrogen-bond donors (Lipinski definition) is 2. The van der Waals surface area contributed by atoms with Crippen molar-refractivity contribution in [2.45, 2.75) is 115 Å². The molecular weight excluding hydrogens is 933 g/mol. The molecule has 2 fully saturated rings. The van der Waals surface area contributed by atoms with Gasteiger partial charge in [0.1, 0.15) is 11.8 Å². The molecule has 2 unspecified atom stereocenters. The molecule has 64 heavy (non-hydrogen) atoms. The summed E-state index contributed by atoms with van der Waals surface area (Å²) in [5, 5.41) is 12.1. The molecule has 2 aliphatic rings. The Balaban J connectivity index is 0.000000289. The van der Waals surface area contributed by atoms with Gasteiger partial charge in [0.15, 0.2) is 27.3 Å². The predicted molar refractivity (Wildman–Crippen MR) is 248 cm³/mol. The van der Waals surface area contributed by atoms with Crippen LogP contribution in [0.15, 0.2) is 82.6 Å². The number of aromatic amines is 1. The number of ketones is 2. The lowest BCUT2D eigenvalue weighted by atomic mass is 9.98. The van der Waals surface area contributed by atoms with Crippen LogP contribution in [0.4, 0.5) is 0 Å². The smallest absolute Gasteiger partial charge is 0.290 e. The van der Waals surface area contributed by atoms with E-state index in [0.717, 1.165) is 62.7 Å². The first-order valence-corrected chi connectivity index (χ1v) is 22.7. The molecule has 4 aromatic rings. The fourth-order valence-corrected chi connectivity index (χ4v) is 6.92. The Bertz CT molecular complexity index is 2160. The molecule has 18 heteroatoms. The van der Waals surface area contributed by atoms with E-state index in [1.807, 2.05) is 48.5 Å². The van der Waals surface area contributed by atoms with Crippen LogP contribution >= 0.6 is 39.1 Å². The maximum atomic E-state index is 12.5. The number of carbonyl (C=O) groups is 4. The summed E-state index contributed by atoms with van der Waals surface area (Å²) in [7, 11) is 0. The third-order valence-corrected chi connectivity index (χ3v) is 11.4. The van der Waals surface area contributed by atoms with E-state index in [2.05, 4.69) is 48.7 Å². The van der Waals surface area contributed by atoms with Gasteiger partial charge in [0.2, 0.25) is 5.91 Å². The van der Waals surface area contributed by atoms with E-state index >= 15 is 0 Å². The van der Waals surface area contributed by atoms with Crippen LogP contribution in [-0.4, -0.2) is 74.6 Å². The zero-order chi connectivity index (χ0) is 45.2. The molecule has 1 aliphatic carbocycles. The fourth-order valence-electron chi connectivity index (χ4n) is 6.19. The second-order valence-electron chi connectivity index (χ2n) is 14.7. The number of amides is 2. The number of unbranched alkanes of at least 4 members (excludes halogenated alkanes) is 6. The number of aromatic nitrogens is 4. The Hall–Kier alpha value is -4.74. The number of rotatable bonds is 21. The molecule has 1 saturated heterocycles. The number of ether oxygens (including phenoxy) is 4. The van der Waals surface area contributed by atoms with Crippen LogP contribution in [0.25, 0.3) is 0 Å². The van der Waals surface area contributed by atoms with Crippen LogP contribution in [0.1, 0.15) is 108 Å². The van der Waals surface area contributed by atoms with Crippen LogP contribution in [0, 0.1) is 0 Å². The minimum atomic E-state index is -0.846. The second kappa shape index (κ2) is 30.4. The summed E-state index contributed by atoms with van der Waals surface area (Å²) in [6, 6.07) is 19.4. The number of piperidine rings is 1. The summed E-state index contributed by atoms with van der Waals surface area (Å²) in [5.41, 5.74) is 1.33. The number of nitrogens with zero attached hydrogens (tertiary/aromatic N) is 3. The summed E-state index contributed by atoms with van der Waals surface area (Å²) in [6.45, 7) is 3.70. The van der Waals surface area contributed by atoms with E-state index in [1.54, 1.807) is 0 Å². The Morgan fingerprint density at radius 1 is 0.672 bits per heavy atom. The van der Waals surface area contributed by atoms with E-state index in [0.29, 0.717) is 51.6 Å². The highest BCUT2D eigenvalue weighted by Crippen LogP contribution is 2.23. The van der Waals surface area contributed by atoms with Gasteiger partial charge in [-0.2, -0.15) is 10.2 Å². The van der Waals surface area contributed by atoms with Gasteiger partial charge in [-0.1, -0.05) is 120 Å². The normalized spacial score (nSPS) is 15.7. The van der Waals surface area contributed by atoms with Crippen molar-refractivity contribution in [2.24, 2.45) is 0 Å². The molecule has 2 amide bonds. The van der Waals surface area contributed by atoms with Crippen molar-refractivity contribution in [3.8, 4) is 11.5 Å². The van der Waals surface area contributed by atoms with E-state index in [-0.39, 0.29) is 64.8 Å². The highest BCUT2D eigenvalue weighted by atomic mass is 79.9. The van der Waals surface area contributed by atoms with E-state index in [4.69, 9.17) is 42.1 Å². The number of halogens is 3. The summed E-state index contributed by atoms with van der Waals surface area (Å²) in [5.74, 6) is -0.267. The molecule has 2 aromatic heterocycles. The number of hydrogen-bond acceptors (Lipinski definition) is 12. The number of carbonyl (C=O) groups excluding carboxylic acids is 4. The predicted octanol–water partition coefficient (Wildman–Crippen LogP) is 8.32. The molecule has 1 saturated carbocycles. The molecule has 6 rings (SSSR count). The van der Waals surface area contributed by atoms with Crippen molar-refractivity contribution < 1.29 is 38.1 Å². The third-order valence-electron chi connectivity index (χ3n) is 9.68. The highest BCUT2D eigenvalue weighted by molar-refractivity contribution is 9.10. The molecule has 15 nitrogen and oxygen atoms in total. The third kappa shape index (κ3) is 19.6. The highest BCUT2D eigenvalue weighted by Gasteiger charge is 2.30. The molecule has 2 atom stereocenters. The minimum absolute atomic E-state index is 0. The quantitative estimate of drug-likeness (QED) is 0.0351. The summed E-state index contributed by atoms with van der Waals surface area (Å²) in [6.07, 6.45) is 12.3. The van der Waals surface area contributed by atoms with E-state index in [9.17, 15) is 28.8 Å². The average molecular weight is 992 g/mol. The molecule has 3 heterocycles. The van der Waals surface area contributed by atoms with Crippen molar-refractivity contribution in [2.75, 3.05) is 26.4 Å². The standard InChI is InChI=1S/C22H26ClN3O5.C17H21ClN2O3.C6H7BrO2.CH4/c23-20-18(14-24-26(22(20)29)17-10-11-19(27)25-21(17)28)31-13-7-2-1-6-12-30-15-16-8-4-3-5-9-16;18-16-15(12-19-20-17(16)21)23-11-7-2-1-6-10-22-13-14-8-4-3-5-9-14;7-5-2-1-4(8)3-6(5)9;/h3-5,8-9,14,17H,1-2,6-7,10-13,15H2,(H,25,27,28);3-5,8-9,12H,1-2,6-7,10-11,13H2,(H,20,21);5H,1-3H2;1H4. The van der Waals surface area contributed by atoms with Crippen LogP contribution in [0.2, 0.25) is 10.0 Å². The fraction of sp³-hybridized carbons (Fsp3) is 0.478. The molecule has 0 bridgehead atoms. The topological polar surface area (TPSA) is 198 Å². The van der Waals surface area contributed by atoms with Gasteiger partial charge in [-0.15, -0.1) is 0 Å². The maximum absolute atomic E-state index is 12.5. The zero-order valence-electron chi connectivity index (χ0n) is 35.1. The number of Topliss-reactive ketones (excluding diaryl/α,β-unsaturated/α-hetero) is 2. The van der Waals surface area contributed by atoms with Crippen LogP contribution < -0.4 is 25.9 Å². The lowest BCUT2D eigenvalue weighted by Crippen LogP contribution is -2.45. The first-order chi connectivity index (χ1) is 30.5. The Morgan fingerprint density at radius 3 is 1.72 bits per heavy atom. The first kappa shape index (κ1) is 53.6. The number of nitrogens with one attached hydrogen (secondary N) is 2. The SMILES string of the molecule is C.O=C1CCC(Br)C(=O)C1.O=C1CCC(n2ncc(OCCCCCCOCc3ccccc3)c(Cl)c2=O)C(=O)N1.O=c1[nH]ncc(OCCCCCCOCc2ccccc2)c1Cl. The summed E-state index contributed by atoms with van der Waals surface area (Å²) in [4.78, 5) is 68.2. The van der Waals surface area contributed by atoms with Gasteiger partial charge in [-0.05, 0) is 62.5 Å². The number of H-pyrrole nitrogens is 1. The van der Waals surface area contributed by atoms with Crippen molar-refractivity contribution in [1.82, 2.24) is 25.3 Å². The number of imide groups is 1. The number of alkyl halides is 1. The summed E-state index contributed by atoms with van der Waals surface area (Å²) < 4.78 is 23.3. The number of benzene rings is 2. The maximum Gasteiger partial charge on any atom is 0.290 e. The average Bonchev–Trinajstić information content (AvgIpc) is 3.28. The van der Waals surface area contributed by atoms with Gasteiger partial charge in [-0.25, -0.2) is 9.78 Å². The first-order valence-electron chi connectivity index (χ1n) is 21.0. The Labute approximate surface area is 392 Å². The van der Waals surface area contributed by atoms with Gasteiger partial charge in [0, 0.05) is 26.1 Å². The molecular formula is C46H58BrCl2N5O10. The Kier molecular flexibility index (Phi) is 25.5. The van der Waals surface area contributed by atoms with Crippen molar-refractivity contribution in [3.05, 3.63) is 115 Å². The van der Waals surface area contributed by atoms with Gasteiger partial charge in [0.05, 0.1) is 50.1 Å². The summed E-state index contributed by atoms with van der Waals surface area (Å²) >= 11 is 15.1. The van der Waals surface area contributed by atoms with E-state index in [1.165, 1.54) is 23.5 Å². The minimum Gasteiger partial charge on any atom is -0.490 e. The molecule has 1 aliphatic heterocycles. The van der Waals surface area contributed by atoms with Crippen molar-refractivity contribution in [1.29, 1.82) is 0 Å². The molecule has 2 N–H and O–H groups in total. The van der Waals surface area contributed by atoms with Crippen molar-refractivity contribution >= 4 is 62.5 Å². The second-order valence-corrected chi connectivity index (χ2v) is 16.6. The largest absolute Gasteiger partial charge is 0.490 e. The lowest BCUT2D eigenvalue weighted by Gasteiger charge is -2.22. The van der Waals surface area contributed by atoms with Gasteiger partial charge >= 0.3 is 0 Å². The molecule has 0 radical (unpaired) electrons. The Morgan fingerprint density at radius 2 is 1.20 bits per heavy atom. The van der Waals surface area contributed by atoms with Crippen LogP contribution in [-0.2, 0) is 41.9 Å². The van der Waals surface area contributed by atoms with Crippen LogP contribution in [0.5, 0.6) is 11.5 Å².